The minimum absolute atomic E-state index is 0. The van der Waals surface area contributed by atoms with Crippen LogP contribution in [0.25, 0.3) is 0 Å². The molecule has 3 N–H and O–H groups in total. The van der Waals surface area contributed by atoms with Gasteiger partial charge in [-0.25, -0.2) is 0 Å². The Kier molecular flexibility index (Phi) is 14.5. The van der Waals surface area contributed by atoms with Gasteiger partial charge in [0.05, 0.1) is 0 Å². The molecule has 9 heteroatoms. The fourth-order valence-corrected chi connectivity index (χ4v) is 0.970. The first kappa shape index (κ1) is 24.5. The summed E-state index contributed by atoms with van der Waals surface area (Å²) in [7, 11) is 0. The van der Waals surface area contributed by atoms with Gasteiger partial charge in [-0.05, 0) is 6.42 Å². The lowest BCUT2D eigenvalue weighted by Crippen LogP contribution is -2.46. The molecule has 0 rings (SSSR count). The van der Waals surface area contributed by atoms with Crippen molar-refractivity contribution >= 4 is 55.1 Å². The van der Waals surface area contributed by atoms with Gasteiger partial charge < -0.3 is 15.3 Å². The molecular formula is C7H13Cl3O6. The van der Waals surface area contributed by atoms with E-state index in [1.54, 1.807) is 0 Å². The maximum Gasteiger partial charge on any atom is 0.332 e. The first-order valence-electron chi connectivity index (χ1n) is 3.59. The molecule has 0 spiro atoms. The molecule has 0 atom stereocenters. The number of carboxylic acids is 3. The van der Waals surface area contributed by atoms with Crippen LogP contribution in [0.1, 0.15) is 19.8 Å². The number of rotatable bonds is 5. The Balaban J connectivity index is -0.000000240. The number of hydrogen-bond acceptors (Lipinski definition) is 3. The van der Waals surface area contributed by atoms with Crippen LogP contribution in [-0.2, 0) is 14.4 Å². The van der Waals surface area contributed by atoms with Gasteiger partial charge in [-0.15, -0.1) is 37.2 Å². The molecule has 0 aliphatic heterocycles. The molecule has 0 saturated carbocycles. The van der Waals surface area contributed by atoms with Gasteiger partial charge in [-0.1, -0.05) is 13.3 Å². The van der Waals surface area contributed by atoms with Gasteiger partial charge in [-0.2, -0.15) is 0 Å². The zero-order valence-corrected chi connectivity index (χ0v) is 10.7. The van der Waals surface area contributed by atoms with Crippen molar-refractivity contribution in [2.75, 3.05) is 0 Å². The molecule has 0 aromatic heterocycles. The molecule has 0 aromatic carbocycles. The fraction of sp³-hybridized carbons (Fsp3) is 0.571. The maximum absolute atomic E-state index is 10.5. The Morgan fingerprint density at radius 3 is 1.19 bits per heavy atom. The van der Waals surface area contributed by atoms with Gasteiger partial charge in [0.25, 0.3) is 5.41 Å². The van der Waals surface area contributed by atoms with E-state index in [4.69, 9.17) is 15.3 Å². The van der Waals surface area contributed by atoms with Crippen LogP contribution in [0.3, 0.4) is 0 Å². The molecule has 0 fully saturated rings. The van der Waals surface area contributed by atoms with Crippen molar-refractivity contribution in [2.45, 2.75) is 19.8 Å². The van der Waals surface area contributed by atoms with Crippen LogP contribution in [0, 0.1) is 5.41 Å². The number of halogens is 3. The highest BCUT2D eigenvalue weighted by molar-refractivity contribution is 6.16. The topological polar surface area (TPSA) is 112 Å². The van der Waals surface area contributed by atoms with Gasteiger partial charge in [-0.3, -0.25) is 14.4 Å². The summed E-state index contributed by atoms with van der Waals surface area (Å²) < 4.78 is 0. The molecule has 0 saturated heterocycles. The molecular weight excluding hydrogens is 286 g/mol. The minimum Gasteiger partial charge on any atom is -0.480 e. The molecule has 98 valence electrons. The van der Waals surface area contributed by atoms with Crippen LogP contribution < -0.4 is 0 Å². The third kappa shape index (κ3) is 4.42. The second-order valence-electron chi connectivity index (χ2n) is 2.57. The van der Waals surface area contributed by atoms with E-state index < -0.39 is 29.7 Å². The standard InChI is InChI=1S/C7H10O6.3ClH/c1-2-3-7(4(8)9,5(10)11)6(12)13;;;/h2-3H2,1H3,(H,8,9)(H,10,11)(H,12,13);3*1H. The average Bonchev–Trinajstić information content (AvgIpc) is 1.97. The van der Waals surface area contributed by atoms with Crippen molar-refractivity contribution in [2.24, 2.45) is 5.41 Å². The van der Waals surface area contributed by atoms with Gasteiger partial charge in [0.1, 0.15) is 0 Å². The molecule has 0 radical (unpaired) electrons. The maximum atomic E-state index is 10.5. The molecule has 6 nitrogen and oxygen atoms in total. The number of aliphatic carboxylic acids is 3. The van der Waals surface area contributed by atoms with Crippen molar-refractivity contribution in [1.82, 2.24) is 0 Å². The smallest absolute Gasteiger partial charge is 0.332 e. The number of carbonyl (C=O) groups is 3. The molecule has 0 aliphatic rings. The predicted molar refractivity (Wildman–Crippen MR) is 62.0 cm³/mol. The van der Waals surface area contributed by atoms with E-state index in [0.717, 1.165) is 0 Å². The second kappa shape index (κ2) is 9.50. The molecule has 0 unspecified atom stereocenters. The van der Waals surface area contributed by atoms with Gasteiger partial charge >= 0.3 is 17.9 Å². The summed E-state index contributed by atoms with van der Waals surface area (Å²) >= 11 is 0. The summed E-state index contributed by atoms with van der Waals surface area (Å²) in [4.78, 5) is 31.6. The molecule has 0 heterocycles. The van der Waals surface area contributed by atoms with Crippen LogP contribution in [0.5, 0.6) is 0 Å². The largest absolute Gasteiger partial charge is 0.480 e. The van der Waals surface area contributed by atoms with Crippen LogP contribution >= 0.6 is 37.2 Å². The Morgan fingerprint density at radius 2 is 1.12 bits per heavy atom. The summed E-state index contributed by atoms with van der Waals surface area (Å²) in [6.45, 7) is 1.52. The van der Waals surface area contributed by atoms with Crippen molar-refractivity contribution in [3.63, 3.8) is 0 Å². The lowest BCUT2D eigenvalue weighted by Gasteiger charge is -2.18. The van der Waals surface area contributed by atoms with Gasteiger partial charge in [0, 0.05) is 0 Å². The lowest BCUT2D eigenvalue weighted by molar-refractivity contribution is -0.176. The van der Waals surface area contributed by atoms with Crippen LogP contribution in [0.2, 0.25) is 0 Å². The quantitative estimate of drug-likeness (QED) is 0.660. The fourth-order valence-electron chi connectivity index (χ4n) is 0.970. The van der Waals surface area contributed by atoms with E-state index in [1.807, 2.05) is 0 Å². The van der Waals surface area contributed by atoms with Crippen LogP contribution in [0.15, 0.2) is 0 Å². The molecule has 16 heavy (non-hydrogen) atoms. The summed E-state index contributed by atoms with van der Waals surface area (Å²) in [6.07, 6.45) is -0.252. The first-order valence-corrected chi connectivity index (χ1v) is 3.59. The Morgan fingerprint density at radius 1 is 0.875 bits per heavy atom. The Bertz CT molecular complexity index is 218. The summed E-state index contributed by atoms with van der Waals surface area (Å²) in [5, 5.41) is 25.6. The third-order valence-electron chi connectivity index (χ3n) is 1.72. The Hall–Kier alpha value is -0.720. The SMILES string of the molecule is CCCC(C(=O)O)(C(=O)O)C(=O)O.Cl.Cl.Cl. The first-order chi connectivity index (χ1) is 5.89. The zero-order chi connectivity index (χ0) is 10.6. The van der Waals surface area contributed by atoms with Crippen LogP contribution in [-0.4, -0.2) is 33.2 Å². The molecule has 0 aliphatic carbocycles. The van der Waals surface area contributed by atoms with Crippen molar-refractivity contribution in [3.05, 3.63) is 0 Å². The summed E-state index contributed by atoms with van der Waals surface area (Å²) in [6, 6.07) is 0. The van der Waals surface area contributed by atoms with E-state index in [-0.39, 0.29) is 43.6 Å². The summed E-state index contributed by atoms with van der Waals surface area (Å²) in [5.41, 5.74) is -2.70. The second-order valence-corrected chi connectivity index (χ2v) is 2.57. The minimum atomic E-state index is -2.70. The average molecular weight is 300 g/mol. The van der Waals surface area contributed by atoms with E-state index in [1.165, 1.54) is 6.92 Å². The van der Waals surface area contributed by atoms with E-state index in [9.17, 15) is 14.4 Å². The zero-order valence-electron chi connectivity index (χ0n) is 8.21. The molecule has 0 amide bonds. The van der Waals surface area contributed by atoms with Crippen molar-refractivity contribution in [3.8, 4) is 0 Å². The third-order valence-corrected chi connectivity index (χ3v) is 1.72. The Labute approximate surface area is 110 Å². The number of hydrogen-bond donors (Lipinski definition) is 3. The predicted octanol–water partition coefficient (Wildman–Crippen LogP) is 1.29. The summed E-state index contributed by atoms with van der Waals surface area (Å²) in [5.74, 6) is -5.52. The van der Waals surface area contributed by atoms with Gasteiger partial charge in [0.15, 0.2) is 0 Å². The van der Waals surface area contributed by atoms with E-state index in [0.29, 0.717) is 0 Å². The lowest BCUT2D eigenvalue weighted by atomic mass is 9.83. The number of carboxylic acid groups (broad SMARTS) is 3. The molecule has 0 bridgehead atoms. The van der Waals surface area contributed by atoms with Crippen molar-refractivity contribution in [1.29, 1.82) is 0 Å². The normalized spacial score (nSPS) is 8.81. The molecule has 0 aromatic rings. The highest BCUT2D eigenvalue weighted by atomic mass is 35.5. The highest BCUT2D eigenvalue weighted by Crippen LogP contribution is 2.25. The van der Waals surface area contributed by atoms with Gasteiger partial charge in [0.2, 0.25) is 0 Å². The van der Waals surface area contributed by atoms with Crippen LogP contribution in [0.4, 0.5) is 0 Å². The van der Waals surface area contributed by atoms with E-state index >= 15 is 0 Å². The van der Waals surface area contributed by atoms with E-state index in [2.05, 4.69) is 0 Å². The van der Waals surface area contributed by atoms with Crippen molar-refractivity contribution < 1.29 is 29.7 Å². The monoisotopic (exact) mass is 298 g/mol. The highest BCUT2D eigenvalue weighted by Gasteiger charge is 2.53.